The highest BCUT2D eigenvalue weighted by Gasteiger charge is 2.41. The molecule has 19 heavy (non-hydrogen) atoms. The quantitative estimate of drug-likeness (QED) is 0.852. The second kappa shape index (κ2) is 5.64. The molecule has 2 N–H and O–H groups in total. The standard InChI is InChI=1S/C17H28N2/c1-13-9-14(2)16(15(3)10-13)5-8-19(4)12-17(11-18)6-7-17/h9-10H,5-8,11-12,18H2,1-4H3. The summed E-state index contributed by atoms with van der Waals surface area (Å²) in [5.74, 6) is 0. The normalized spacial score (nSPS) is 16.9. The Labute approximate surface area is 118 Å². The minimum Gasteiger partial charge on any atom is -0.330 e. The van der Waals surface area contributed by atoms with E-state index in [1.807, 2.05) is 0 Å². The van der Waals surface area contributed by atoms with Crippen LogP contribution in [0.4, 0.5) is 0 Å². The molecule has 1 aliphatic rings. The maximum absolute atomic E-state index is 5.86. The summed E-state index contributed by atoms with van der Waals surface area (Å²) in [4.78, 5) is 2.46. The molecule has 1 aliphatic carbocycles. The minimum absolute atomic E-state index is 0.451. The zero-order chi connectivity index (χ0) is 14.0. The molecule has 106 valence electrons. The summed E-state index contributed by atoms with van der Waals surface area (Å²) in [5, 5.41) is 0. The fraction of sp³-hybridized carbons (Fsp3) is 0.647. The van der Waals surface area contributed by atoms with Crippen molar-refractivity contribution in [1.29, 1.82) is 0 Å². The average molecular weight is 260 g/mol. The van der Waals surface area contributed by atoms with Crippen LogP contribution < -0.4 is 5.73 Å². The second-order valence-corrected chi connectivity index (χ2v) is 6.57. The Bertz CT molecular complexity index is 424. The predicted molar refractivity (Wildman–Crippen MR) is 82.6 cm³/mol. The first-order valence-corrected chi connectivity index (χ1v) is 7.41. The zero-order valence-corrected chi connectivity index (χ0v) is 12.9. The van der Waals surface area contributed by atoms with Gasteiger partial charge in [0.15, 0.2) is 0 Å². The van der Waals surface area contributed by atoms with E-state index in [0.29, 0.717) is 5.41 Å². The van der Waals surface area contributed by atoms with E-state index >= 15 is 0 Å². The fourth-order valence-electron chi connectivity index (χ4n) is 3.16. The number of nitrogens with zero attached hydrogens (tertiary/aromatic N) is 1. The van der Waals surface area contributed by atoms with E-state index in [-0.39, 0.29) is 0 Å². The van der Waals surface area contributed by atoms with Crippen molar-refractivity contribution in [3.8, 4) is 0 Å². The largest absolute Gasteiger partial charge is 0.330 e. The highest BCUT2D eigenvalue weighted by molar-refractivity contribution is 5.37. The van der Waals surface area contributed by atoms with Crippen molar-refractivity contribution in [2.24, 2.45) is 11.1 Å². The number of aryl methyl sites for hydroxylation is 3. The Hall–Kier alpha value is -0.860. The van der Waals surface area contributed by atoms with Crippen LogP contribution in [0.2, 0.25) is 0 Å². The van der Waals surface area contributed by atoms with Crippen molar-refractivity contribution in [2.45, 2.75) is 40.0 Å². The van der Waals surface area contributed by atoms with Gasteiger partial charge < -0.3 is 10.6 Å². The number of benzene rings is 1. The summed E-state index contributed by atoms with van der Waals surface area (Å²) in [6, 6.07) is 4.59. The molecule has 0 amide bonds. The molecule has 1 saturated carbocycles. The van der Waals surface area contributed by atoms with Gasteiger partial charge in [-0.1, -0.05) is 17.7 Å². The predicted octanol–water partition coefficient (Wildman–Crippen LogP) is 2.83. The molecule has 0 spiro atoms. The molecular weight excluding hydrogens is 232 g/mol. The Morgan fingerprint density at radius 2 is 1.74 bits per heavy atom. The van der Waals surface area contributed by atoms with E-state index in [0.717, 1.165) is 26.1 Å². The maximum Gasteiger partial charge on any atom is 0.00471 e. The smallest absolute Gasteiger partial charge is 0.00471 e. The fourth-order valence-corrected chi connectivity index (χ4v) is 3.16. The molecule has 2 nitrogen and oxygen atoms in total. The van der Waals surface area contributed by atoms with Gasteiger partial charge in [0.25, 0.3) is 0 Å². The lowest BCUT2D eigenvalue weighted by Gasteiger charge is -2.23. The number of likely N-dealkylation sites (N-methyl/N-ethyl adjacent to an activating group) is 1. The van der Waals surface area contributed by atoms with Gasteiger partial charge in [0, 0.05) is 13.1 Å². The van der Waals surface area contributed by atoms with Crippen molar-refractivity contribution in [3.63, 3.8) is 0 Å². The molecule has 1 aromatic rings. The highest BCUT2D eigenvalue weighted by atomic mass is 15.1. The SMILES string of the molecule is Cc1cc(C)c(CCN(C)CC2(CN)CC2)c(C)c1. The molecule has 2 heteroatoms. The van der Waals surface area contributed by atoms with Gasteiger partial charge in [-0.25, -0.2) is 0 Å². The van der Waals surface area contributed by atoms with Crippen LogP contribution in [0.25, 0.3) is 0 Å². The lowest BCUT2D eigenvalue weighted by molar-refractivity contribution is 0.269. The third-order valence-corrected chi connectivity index (χ3v) is 4.58. The minimum atomic E-state index is 0.451. The molecule has 0 saturated heterocycles. The Kier molecular flexibility index (Phi) is 4.32. The van der Waals surface area contributed by atoms with E-state index in [4.69, 9.17) is 5.73 Å². The van der Waals surface area contributed by atoms with Gasteiger partial charge in [0.2, 0.25) is 0 Å². The van der Waals surface area contributed by atoms with Crippen LogP contribution >= 0.6 is 0 Å². The van der Waals surface area contributed by atoms with Crippen molar-refractivity contribution in [1.82, 2.24) is 4.90 Å². The van der Waals surface area contributed by atoms with Crippen LogP contribution in [0.1, 0.15) is 35.1 Å². The number of nitrogens with two attached hydrogens (primary N) is 1. The van der Waals surface area contributed by atoms with Gasteiger partial charge in [-0.05, 0) is 75.7 Å². The molecular formula is C17H28N2. The topological polar surface area (TPSA) is 29.3 Å². The number of hydrogen-bond donors (Lipinski definition) is 1. The van der Waals surface area contributed by atoms with E-state index in [1.165, 1.54) is 35.1 Å². The van der Waals surface area contributed by atoms with Gasteiger partial charge in [-0.15, -0.1) is 0 Å². The molecule has 1 fully saturated rings. The van der Waals surface area contributed by atoms with Crippen molar-refractivity contribution >= 4 is 0 Å². The van der Waals surface area contributed by atoms with E-state index in [2.05, 4.69) is 44.9 Å². The Balaban J connectivity index is 1.92. The summed E-state index contributed by atoms with van der Waals surface area (Å²) < 4.78 is 0. The molecule has 2 rings (SSSR count). The summed E-state index contributed by atoms with van der Waals surface area (Å²) in [6.45, 7) is 9.78. The van der Waals surface area contributed by atoms with E-state index < -0.39 is 0 Å². The van der Waals surface area contributed by atoms with Gasteiger partial charge >= 0.3 is 0 Å². The number of hydrogen-bond acceptors (Lipinski definition) is 2. The van der Waals surface area contributed by atoms with Crippen LogP contribution in [-0.2, 0) is 6.42 Å². The zero-order valence-electron chi connectivity index (χ0n) is 12.9. The van der Waals surface area contributed by atoms with Crippen molar-refractivity contribution in [3.05, 3.63) is 34.4 Å². The molecule has 0 bridgehead atoms. The highest BCUT2D eigenvalue weighted by Crippen LogP contribution is 2.44. The van der Waals surface area contributed by atoms with Crippen LogP contribution in [0.5, 0.6) is 0 Å². The van der Waals surface area contributed by atoms with Crippen LogP contribution in [0.3, 0.4) is 0 Å². The first kappa shape index (κ1) is 14.5. The summed E-state index contributed by atoms with van der Waals surface area (Å²) >= 11 is 0. The summed E-state index contributed by atoms with van der Waals surface area (Å²) in [7, 11) is 2.23. The van der Waals surface area contributed by atoms with Crippen LogP contribution in [0.15, 0.2) is 12.1 Å². The lowest BCUT2D eigenvalue weighted by Crippen LogP contribution is -2.32. The van der Waals surface area contributed by atoms with Crippen molar-refractivity contribution < 1.29 is 0 Å². The van der Waals surface area contributed by atoms with E-state index in [1.54, 1.807) is 0 Å². The second-order valence-electron chi connectivity index (χ2n) is 6.57. The Morgan fingerprint density at radius 3 is 2.21 bits per heavy atom. The van der Waals surface area contributed by atoms with Crippen molar-refractivity contribution in [2.75, 3.05) is 26.7 Å². The van der Waals surface area contributed by atoms with Gasteiger partial charge in [0.05, 0.1) is 0 Å². The lowest BCUT2D eigenvalue weighted by atomic mass is 9.97. The number of rotatable bonds is 6. The first-order valence-electron chi connectivity index (χ1n) is 7.41. The third-order valence-electron chi connectivity index (χ3n) is 4.58. The molecule has 1 aromatic carbocycles. The molecule has 0 unspecified atom stereocenters. The third kappa shape index (κ3) is 3.58. The maximum atomic E-state index is 5.86. The molecule has 0 aromatic heterocycles. The molecule has 0 heterocycles. The van der Waals surface area contributed by atoms with Crippen LogP contribution in [-0.4, -0.2) is 31.6 Å². The van der Waals surface area contributed by atoms with Gasteiger partial charge in [-0.2, -0.15) is 0 Å². The molecule has 0 aliphatic heterocycles. The first-order chi connectivity index (χ1) is 8.96. The van der Waals surface area contributed by atoms with Gasteiger partial charge in [0.1, 0.15) is 0 Å². The van der Waals surface area contributed by atoms with E-state index in [9.17, 15) is 0 Å². The van der Waals surface area contributed by atoms with Crippen LogP contribution in [0, 0.1) is 26.2 Å². The molecule has 0 atom stereocenters. The molecule has 0 radical (unpaired) electrons. The average Bonchev–Trinajstić information content (AvgIpc) is 3.08. The Morgan fingerprint density at radius 1 is 1.16 bits per heavy atom. The monoisotopic (exact) mass is 260 g/mol. The summed E-state index contributed by atoms with van der Waals surface area (Å²) in [6.07, 6.45) is 3.78. The van der Waals surface area contributed by atoms with Gasteiger partial charge in [-0.3, -0.25) is 0 Å². The summed E-state index contributed by atoms with van der Waals surface area (Å²) in [5.41, 5.74) is 12.1.